The van der Waals surface area contributed by atoms with E-state index in [1.165, 1.54) is 37.7 Å². The SMILES string of the molecule is CCCCC1CCC(c2ccc(C#N)cc2)CO1. The number of hydrogen-bond donors (Lipinski definition) is 0. The first-order chi connectivity index (χ1) is 8.83. The number of ether oxygens (including phenoxy) is 1. The lowest BCUT2D eigenvalue weighted by Crippen LogP contribution is -2.24. The molecule has 0 aromatic heterocycles. The van der Waals surface area contributed by atoms with Crippen molar-refractivity contribution < 1.29 is 4.74 Å². The van der Waals surface area contributed by atoms with Crippen LogP contribution < -0.4 is 0 Å². The molecule has 96 valence electrons. The maximum absolute atomic E-state index is 8.78. The highest BCUT2D eigenvalue weighted by Crippen LogP contribution is 2.29. The minimum atomic E-state index is 0.472. The second kappa shape index (κ2) is 6.56. The van der Waals surface area contributed by atoms with Gasteiger partial charge in [0.1, 0.15) is 0 Å². The van der Waals surface area contributed by atoms with Gasteiger partial charge in [0.25, 0.3) is 0 Å². The monoisotopic (exact) mass is 243 g/mol. The van der Waals surface area contributed by atoms with Crippen LogP contribution in [0.5, 0.6) is 0 Å². The molecule has 2 nitrogen and oxygen atoms in total. The summed E-state index contributed by atoms with van der Waals surface area (Å²) >= 11 is 0. The summed E-state index contributed by atoms with van der Waals surface area (Å²) in [7, 11) is 0. The van der Waals surface area contributed by atoms with Gasteiger partial charge in [0, 0.05) is 5.92 Å². The average molecular weight is 243 g/mol. The predicted molar refractivity (Wildman–Crippen MR) is 72.4 cm³/mol. The first-order valence-electron chi connectivity index (χ1n) is 6.95. The summed E-state index contributed by atoms with van der Waals surface area (Å²) in [5.74, 6) is 0.510. The van der Waals surface area contributed by atoms with Gasteiger partial charge in [0.05, 0.1) is 24.3 Å². The van der Waals surface area contributed by atoms with Crippen LogP contribution in [0.1, 0.15) is 56.1 Å². The van der Waals surface area contributed by atoms with Crippen LogP contribution >= 0.6 is 0 Å². The van der Waals surface area contributed by atoms with E-state index in [2.05, 4.69) is 25.1 Å². The minimum Gasteiger partial charge on any atom is -0.378 e. The van der Waals surface area contributed by atoms with Gasteiger partial charge in [0.2, 0.25) is 0 Å². The molecule has 1 aromatic carbocycles. The Balaban J connectivity index is 1.87. The normalized spacial score (nSPS) is 23.6. The first kappa shape index (κ1) is 13.1. The van der Waals surface area contributed by atoms with Crippen molar-refractivity contribution in [1.29, 1.82) is 5.26 Å². The van der Waals surface area contributed by atoms with Gasteiger partial charge in [-0.2, -0.15) is 5.26 Å². The van der Waals surface area contributed by atoms with Crippen molar-refractivity contribution >= 4 is 0 Å². The lowest BCUT2D eigenvalue weighted by molar-refractivity contribution is -0.00189. The minimum absolute atomic E-state index is 0.472. The summed E-state index contributed by atoms with van der Waals surface area (Å²) < 4.78 is 5.94. The molecular weight excluding hydrogens is 222 g/mol. The van der Waals surface area contributed by atoms with E-state index in [0.717, 1.165) is 12.2 Å². The van der Waals surface area contributed by atoms with Crippen molar-refractivity contribution in [1.82, 2.24) is 0 Å². The fourth-order valence-electron chi connectivity index (χ4n) is 2.56. The van der Waals surface area contributed by atoms with E-state index in [1.54, 1.807) is 0 Å². The van der Waals surface area contributed by atoms with Crippen molar-refractivity contribution in [3.8, 4) is 6.07 Å². The van der Waals surface area contributed by atoms with Gasteiger partial charge in [-0.3, -0.25) is 0 Å². The van der Waals surface area contributed by atoms with Crippen LogP contribution in [0.25, 0.3) is 0 Å². The second-order valence-corrected chi connectivity index (χ2v) is 5.11. The average Bonchev–Trinajstić information content (AvgIpc) is 2.46. The maximum atomic E-state index is 8.78. The van der Waals surface area contributed by atoms with Crippen molar-refractivity contribution in [2.24, 2.45) is 0 Å². The van der Waals surface area contributed by atoms with Gasteiger partial charge in [-0.15, -0.1) is 0 Å². The van der Waals surface area contributed by atoms with Crippen molar-refractivity contribution in [3.05, 3.63) is 35.4 Å². The molecule has 2 heteroatoms. The maximum Gasteiger partial charge on any atom is 0.0991 e. The third-order valence-corrected chi connectivity index (χ3v) is 3.76. The molecule has 0 saturated carbocycles. The van der Waals surface area contributed by atoms with E-state index >= 15 is 0 Å². The summed E-state index contributed by atoms with van der Waals surface area (Å²) in [4.78, 5) is 0. The van der Waals surface area contributed by atoms with Crippen molar-refractivity contribution in [2.75, 3.05) is 6.61 Å². The molecule has 1 heterocycles. The van der Waals surface area contributed by atoms with Gasteiger partial charge in [-0.05, 0) is 37.0 Å². The number of nitrogens with zero attached hydrogens (tertiary/aromatic N) is 1. The Bertz CT molecular complexity index is 396. The highest BCUT2D eigenvalue weighted by Gasteiger charge is 2.22. The lowest BCUT2D eigenvalue weighted by Gasteiger charge is -2.29. The van der Waals surface area contributed by atoms with Gasteiger partial charge in [-0.25, -0.2) is 0 Å². The van der Waals surface area contributed by atoms with E-state index in [0.29, 0.717) is 12.0 Å². The van der Waals surface area contributed by atoms with E-state index < -0.39 is 0 Å². The Morgan fingerprint density at radius 3 is 2.61 bits per heavy atom. The smallest absolute Gasteiger partial charge is 0.0991 e. The van der Waals surface area contributed by atoms with Gasteiger partial charge >= 0.3 is 0 Å². The standard InChI is InChI=1S/C16H21NO/c1-2-3-4-16-10-9-15(12-18-16)14-7-5-13(11-17)6-8-14/h5-8,15-16H,2-4,9-10,12H2,1H3. The third-order valence-electron chi connectivity index (χ3n) is 3.76. The van der Waals surface area contributed by atoms with E-state index in [-0.39, 0.29) is 0 Å². The highest BCUT2D eigenvalue weighted by atomic mass is 16.5. The molecule has 2 atom stereocenters. The zero-order chi connectivity index (χ0) is 12.8. The predicted octanol–water partition coefficient (Wildman–Crippen LogP) is 4.01. The number of nitriles is 1. The Hall–Kier alpha value is -1.33. The van der Waals surface area contributed by atoms with Crippen LogP contribution in [0.4, 0.5) is 0 Å². The fraction of sp³-hybridized carbons (Fsp3) is 0.562. The Morgan fingerprint density at radius 2 is 2.06 bits per heavy atom. The molecule has 1 aliphatic rings. The van der Waals surface area contributed by atoms with Crippen LogP contribution in [-0.4, -0.2) is 12.7 Å². The topological polar surface area (TPSA) is 33.0 Å². The molecular formula is C16H21NO. The van der Waals surface area contributed by atoms with E-state index in [4.69, 9.17) is 10.00 Å². The Morgan fingerprint density at radius 1 is 1.28 bits per heavy atom. The molecule has 0 bridgehead atoms. The quantitative estimate of drug-likeness (QED) is 0.800. The molecule has 0 spiro atoms. The molecule has 2 rings (SSSR count). The molecule has 1 aliphatic heterocycles. The molecule has 0 N–H and O–H groups in total. The van der Waals surface area contributed by atoms with Crippen molar-refractivity contribution in [3.63, 3.8) is 0 Å². The summed E-state index contributed by atoms with van der Waals surface area (Å²) in [6.45, 7) is 3.06. The molecule has 1 saturated heterocycles. The molecule has 0 amide bonds. The van der Waals surface area contributed by atoms with Gasteiger partial charge in [-0.1, -0.05) is 31.9 Å². The van der Waals surface area contributed by atoms with Crippen LogP contribution in [0, 0.1) is 11.3 Å². The molecule has 0 radical (unpaired) electrons. The number of rotatable bonds is 4. The molecule has 1 aromatic rings. The van der Waals surface area contributed by atoms with Crippen LogP contribution in [-0.2, 0) is 4.74 Å². The van der Waals surface area contributed by atoms with Gasteiger partial charge in [0.15, 0.2) is 0 Å². The second-order valence-electron chi connectivity index (χ2n) is 5.11. The Labute approximate surface area is 110 Å². The zero-order valence-electron chi connectivity index (χ0n) is 11.1. The largest absolute Gasteiger partial charge is 0.378 e. The molecule has 2 unspecified atom stereocenters. The summed E-state index contributed by atoms with van der Waals surface area (Å²) in [6.07, 6.45) is 6.58. The number of unbranched alkanes of at least 4 members (excludes halogenated alkanes) is 1. The first-order valence-corrected chi connectivity index (χ1v) is 6.95. The van der Waals surface area contributed by atoms with E-state index in [9.17, 15) is 0 Å². The summed E-state index contributed by atoms with van der Waals surface area (Å²) in [5, 5.41) is 8.78. The van der Waals surface area contributed by atoms with Crippen LogP contribution in [0.15, 0.2) is 24.3 Å². The highest BCUT2D eigenvalue weighted by molar-refractivity contribution is 5.33. The summed E-state index contributed by atoms with van der Waals surface area (Å²) in [6, 6.07) is 10.1. The van der Waals surface area contributed by atoms with Gasteiger partial charge < -0.3 is 4.74 Å². The van der Waals surface area contributed by atoms with Crippen molar-refractivity contribution in [2.45, 2.75) is 51.0 Å². The molecule has 18 heavy (non-hydrogen) atoms. The Kier molecular flexibility index (Phi) is 4.78. The molecule has 0 aliphatic carbocycles. The van der Waals surface area contributed by atoms with Crippen LogP contribution in [0.2, 0.25) is 0 Å². The van der Waals surface area contributed by atoms with Crippen LogP contribution in [0.3, 0.4) is 0 Å². The number of hydrogen-bond acceptors (Lipinski definition) is 2. The van der Waals surface area contributed by atoms with E-state index in [1.807, 2.05) is 12.1 Å². The lowest BCUT2D eigenvalue weighted by atomic mass is 9.90. The summed E-state index contributed by atoms with van der Waals surface area (Å²) in [5.41, 5.74) is 2.04. The fourth-order valence-corrected chi connectivity index (χ4v) is 2.56. The number of benzene rings is 1. The molecule has 1 fully saturated rings. The third kappa shape index (κ3) is 3.34. The zero-order valence-corrected chi connectivity index (χ0v) is 11.1.